The van der Waals surface area contributed by atoms with Gasteiger partial charge >= 0.3 is 5.97 Å². The van der Waals surface area contributed by atoms with Gasteiger partial charge in [0.25, 0.3) is 0 Å². The largest absolute Gasteiger partial charge is 0.480 e. The molecule has 1 aromatic heterocycles. The van der Waals surface area contributed by atoms with Crippen LogP contribution < -0.4 is 4.90 Å². The van der Waals surface area contributed by atoms with Crippen molar-refractivity contribution in [2.24, 2.45) is 0 Å². The predicted octanol–water partition coefficient (Wildman–Crippen LogP) is 2.80. The van der Waals surface area contributed by atoms with E-state index in [1.807, 2.05) is 47.5 Å². The van der Waals surface area contributed by atoms with Crippen molar-refractivity contribution < 1.29 is 9.90 Å². The molecule has 0 aliphatic heterocycles. The summed E-state index contributed by atoms with van der Waals surface area (Å²) in [7, 11) is 0. The minimum atomic E-state index is -0.845. The molecule has 5 heteroatoms. The normalized spacial score (nSPS) is 12.1. The van der Waals surface area contributed by atoms with E-state index in [4.69, 9.17) is 5.11 Å². The van der Waals surface area contributed by atoms with Gasteiger partial charge in [0.15, 0.2) is 0 Å². The lowest BCUT2D eigenvalue weighted by Crippen LogP contribution is -2.32. The zero-order valence-electron chi connectivity index (χ0n) is 9.98. The summed E-state index contributed by atoms with van der Waals surface area (Å²) in [4.78, 5) is 17.1. The number of thiazole rings is 1. The third-order valence-corrected chi connectivity index (χ3v) is 3.62. The van der Waals surface area contributed by atoms with Crippen LogP contribution >= 0.6 is 11.3 Å². The molecule has 1 unspecified atom stereocenters. The number of aliphatic carboxylic acids is 1. The van der Waals surface area contributed by atoms with Gasteiger partial charge in [-0.25, -0.2) is 4.98 Å². The number of carboxylic acids is 1. The van der Waals surface area contributed by atoms with Gasteiger partial charge < -0.3 is 10.0 Å². The summed E-state index contributed by atoms with van der Waals surface area (Å²) in [6.07, 6.45) is 1.74. The third kappa shape index (κ3) is 2.87. The maximum absolute atomic E-state index is 11.0. The number of para-hydroxylation sites is 1. The van der Waals surface area contributed by atoms with Gasteiger partial charge in [-0.15, -0.1) is 11.3 Å². The second-order valence-electron chi connectivity index (χ2n) is 3.90. The Morgan fingerprint density at radius 3 is 2.72 bits per heavy atom. The zero-order valence-corrected chi connectivity index (χ0v) is 10.8. The average molecular weight is 262 g/mol. The summed E-state index contributed by atoms with van der Waals surface area (Å²) in [5, 5.41) is 11.8. The van der Waals surface area contributed by atoms with Crippen LogP contribution in [0.15, 0.2) is 41.9 Å². The summed E-state index contributed by atoms with van der Waals surface area (Å²) >= 11 is 1.54. The molecule has 0 aliphatic rings. The van der Waals surface area contributed by atoms with Crippen LogP contribution in [-0.4, -0.2) is 22.6 Å². The number of hydrogen-bond acceptors (Lipinski definition) is 4. The van der Waals surface area contributed by atoms with Crippen LogP contribution in [0, 0.1) is 0 Å². The maximum Gasteiger partial charge on any atom is 0.323 e. The van der Waals surface area contributed by atoms with Crippen molar-refractivity contribution in [3.05, 3.63) is 46.9 Å². The van der Waals surface area contributed by atoms with Crippen molar-refractivity contribution in [1.29, 1.82) is 0 Å². The molecule has 4 nitrogen and oxygen atoms in total. The van der Waals surface area contributed by atoms with E-state index in [1.165, 1.54) is 11.3 Å². The monoisotopic (exact) mass is 262 g/mol. The maximum atomic E-state index is 11.0. The SMILES string of the molecule is CC(c1nccs1)N(CC(=O)O)c1ccccc1. The minimum absolute atomic E-state index is 0.0369. The first kappa shape index (κ1) is 12.6. The fourth-order valence-corrected chi connectivity index (χ4v) is 2.50. The Labute approximate surface area is 110 Å². The molecule has 0 radical (unpaired) electrons. The first-order valence-corrected chi connectivity index (χ1v) is 6.49. The van der Waals surface area contributed by atoms with Gasteiger partial charge in [0.1, 0.15) is 11.6 Å². The molecule has 2 aromatic rings. The summed E-state index contributed by atoms with van der Waals surface area (Å²) < 4.78 is 0. The topological polar surface area (TPSA) is 53.4 Å². The average Bonchev–Trinajstić information content (AvgIpc) is 2.90. The minimum Gasteiger partial charge on any atom is -0.480 e. The molecule has 0 saturated heterocycles. The quantitative estimate of drug-likeness (QED) is 0.900. The lowest BCUT2D eigenvalue weighted by Gasteiger charge is -2.28. The van der Waals surface area contributed by atoms with E-state index in [0.29, 0.717) is 0 Å². The number of nitrogens with zero attached hydrogens (tertiary/aromatic N) is 2. The van der Waals surface area contributed by atoms with E-state index >= 15 is 0 Å². The van der Waals surface area contributed by atoms with E-state index in [2.05, 4.69) is 4.98 Å². The number of carbonyl (C=O) groups is 1. The molecule has 1 heterocycles. The van der Waals surface area contributed by atoms with Gasteiger partial charge in [-0.3, -0.25) is 4.79 Å². The highest BCUT2D eigenvalue weighted by molar-refractivity contribution is 7.09. The van der Waals surface area contributed by atoms with Crippen molar-refractivity contribution >= 4 is 23.0 Å². The molecule has 94 valence electrons. The molecule has 18 heavy (non-hydrogen) atoms. The second kappa shape index (κ2) is 5.64. The van der Waals surface area contributed by atoms with E-state index < -0.39 is 5.97 Å². The van der Waals surface area contributed by atoms with Crippen molar-refractivity contribution in [3.8, 4) is 0 Å². The van der Waals surface area contributed by atoms with Gasteiger partial charge in [0.05, 0.1) is 6.04 Å². The highest BCUT2D eigenvalue weighted by Crippen LogP contribution is 2.27. The Bertz CT molecular complexity index is 499. The van der Waals surface area contributed by atoms with Crippen LogP contribution in [0.2, 0.25) is 0 Å². The molecule has 0 aliphatic carbocycles. The number of hydrogen-bond donors (Lipinski definition) is 1. The van der Waals surface area contributed by atoms with E-state index in [9.17, 15) is 4.79 Å². The van der Waals surface area contributed by atoms with Crippen LogP contribution in [0.25, 0.3) is 0 Å². The highest BCUT2D eigenvalue weighted by Gasteiger charge is 2.20. The standard InChI is InChI=1S/C13H14N2O2S/c1-10(13-14-7-8-18-13)15(9-12(16)17)11-5-3-2-4-6-11/h2-8,10H,9H2,1H3,(H,16,17). The molecule has 0 bridgehead atoms. The number of anilines is 1. The third-order valence-electron chi connectivity index (χ3n) is 2.67. The van der Waals surface area contributed by atoms with Crippen molar-refractivity contribution in [2.45, 2.75) is 13.0 Å². The number of aromatic nitrogens is 1. The molecule has 1 atom stereocenters. The molecule has 1 N–H and O–H groups in total. The molecule has 0 saturated carbocycles. The molecule has 0 fully saturated rings. The summed E-state index contributed by atoms with van der Waals surface area (Å²) in [5.74, 6) is -0.845. The number of benzene rings is 1. The molecule has 0 spiro atoms. The van der Waals surface area contributed by atoms with Gasteiger partial charge in [0.2, 0.25) is 0 Å². The van der Waals surface area contributed by atoms with Crippen LogP contribution in [0.4, 0.5) is 5.69 Å². The first-order chi connectivity index (χ1) is 8.68. The Balaban J connectivity index is 2.28. The van der Waals surface area contributed by atoms with Gasteiger partial charge in [-0.2, -0.15) is 0 Å². The molecular formula is C13H14N2O2S. The fourth-order valence-electron chi connectivity index (χ4n) is 1.79. The lowest BCUT2D eigenvalue weighted by atomic mass is 10.2. The van der Waals surface area contributed by atoms with Crippen LogP contribution in [0.5, 0.6) is 0 Å². The summed E-state index contributed by atoms with van der Waals surface area (Å²) in [6.45, 7) is 1.93. The van der Waals surface area contributed by atoms with E-state index in [1.54, 1.807) is 6.20 Å². The Morgan fingerprint density at radius 2 is 2.17 bits per heavy atom. The van der Waals surface area contributed by atoms with Crippen LogP contribution in [0.3, 0.4) is 0 Å². The van der Waals surface area contributed by atoms with Crippen molar-refractivity contribution in [3.63, 3.8) is 0 Å². The van der Waals surface area contributed by atoms with Gasteiger partial charge in [-0.05, 0) is 19.1 Å². The number of carboxylic acid groups (broad SMARTS) is 1. The van der Waals surface area contributed by atoms with Crippen molar-refractivity contribution in [1.82, 2.24) is 4.98 Å². The molecule has 2 rings (SSSR count). The Hall–Kier alpha value is -1.88. The molecule has 1 aromatic carbocycles. The van der Waals surface area contributed by atoms with E-state index in [-0.39, 0.29) is 12.6 Å². The Kier molecular flexibility index (Phi) is 3.94. The van der Waals surface area contributed by atoms with Gasteiger partial charge in [0, 0.05) is 17.3 Å². The second-order valence-corrected chi connectivity index (χ2v) is 4.83. The fraction of sp³-hybridized carbons (Fsp3) is 0.231. The molecular weight excluding hydrogens is 248 g/mol. The Morgan fingerprint density at radius 1 is 1.44 bits per heavy atom. The first-order valence-electron chi connectivity index (χ1n) is 5.61. The highest BCUT2D eigenvalue weighted by atomic mass is 32.1. The van der Waals surface area contributed by atoms with Crippen LogP contribution in [-0.2, 0) is 4.79 Å². The smallest absolute Gasteiger partial charge is 0.323 e. The van der Waals surface area contributed by atoms with Crippen molar-refractivity contribution in [2.75, 3.05) is 11.4 Å². The lowest BCUT2D eigenvalue weighted by molar-refractivity contribution is -0.135. The van der Waals surface area contributed by atoms with Crippen LogP contribution in [0.1, 0.15) is 18.0 Å². The summed E-state index contributed by atoms with van der Waals surface area (Å²) in [5.41, 5.74) is 0.891. The van der Waals surface area contributed by atoms with E-state index in [0.717, 1.165) is 10.7 Å². The molecule has 0 amide bonds. The summed E-state index contributed by atoms with van der Waals surface area (Å²) in [6, 6.07) is 9.48. The predicted molar refractivity (Wildman–Crippen MR) is 72.0 cm³/mol. The number of rotatable bonds is 5. The zero-order chi connectivity index (χ0) is 13.0. The van der Waals surface area contributed by atoms with Gasteiger partial charge in [-0.1, -0.05) is 18.2 Å².